The highest BCUT2D eigenvalue weighted by Crippen LogP contribution is 2.15. The van der Waals surface area contributed by atoms with E-state index in [1.54, 1.807) is 0 Å². The largest absolute Gasteiger partial charge is 1.00 e. The Hall–Kier alpha value is -0.810. The fourth-order valence-electron chi connectivity index (χ4n) is 1.45. The van der Waals surface area contributed by atoms with Crippen molar-refractivity contribution in [2.75, 3.05) is 6.61 Å². The van der Waals surface area contributed by atoms with Crippen LogP contribution in [-0.2, 0) is 14.3 Å². The van der Waals surface area contributed by atoms with Gasteiger partial charge in [0.2, 0.25) is 6.04 Å². The second kappa shape index (κ2) is 10.4. The van der Waals surface area contributed by atoms with Crippen LogP contribution in [0.15, 0.2) is 0 Å². The summed E-state index contributed by atoms with van der Waals surface area (Å²) < 4.78 is 4.95. The maximum absolute atomic E-state index is 11.6. The van der Waals surface area contributed by atoms with Crippen molar-refractivity contribution in [2.45, 2.75) is 45.6 Å². The molecule has 0 radical (unpaired) electrons. The zero-order valence-corrected chi connectivity index (χ0v) is 11.2. The van der Waals surface area contributed by atoms with E-state index in [0.717, 1.165) is 25.7 Å². The number of halogens is 1. The molecule has 102 valence electrons. The number of carbonyl (C=O) groups is 2. The number of rotatable bonds is 8. The van der Waals surface area contributed by atoms with Gasteiger partial charge in [0.05, 0.1) is 5.92 Å². The number of carboxylic acid groups (broad SMARTS) is 1. The number of hydrogen-bond acceptors (Lipinski definition) is 3. The van der Waals surface area contributed by atoms with Gasteiger partial charge in [-0.2, -0.15) is 0 Å². The summed E-state index contributed by atoms with van der Waals surface area (Å²) in [5.41, 5.74) is 3.38. The molecule has 0 aromatic carbocycles. The second-order valence-electron chi connectivity index (χ2n) is 3.94. The molecule has 0 aromatic rings. The molecule has 0 saturated carbocycles. The minimum Gasteiger partial charge on any atom is -1.00 e. The van der Waals surface area contributed by atoms with Gasteiger partial charge in [-0.15, -0.1) is 0 Å². The maximum atomic E-state index is 11.6. The molecule has 0 heterocycles. The molecule has 0 aromatic heterocycles. The molecule has 5 nitrogen and oxygen atoms in total. The lowest BCUT2D eigenvalue weighted by molar-refractivity contribution is -0.412. The monoisotopic (exact) mass is 267 g/mol. The number of hydrogen-bond donors (Lipinski definition) is 2. The third-order valence-electron chi connectivity index (χ3n) is 2.38. The Kier molecular flexibility index (Phi) is 11.3. The molecule has 0 amide bonds. The van der Waals surface area contributed by atoms with Gasteiger partial charge in [-0.05, 0) is 12.8 Å². The van der Waals surface area contributed by atoms with Gasteiger partial charge in [-0.1, -0.05) is 26.7 Å². The fourth-order valence-corrected chi connectivity index (χ4v) is 1.45. The summed E-state index contributed by atoms with van der Waals surface area (Å²) in [6, 6.07) is -0.882. The van der Waals surface area contributed by atoms with E-state index >= 15 is 0 Å². The van der Waals surface area contributed by atoms with E-state index in [-0.39, 0.29) is 30.9 Å². The first kappa shape index (κ1) is 18.6. The molecule has 0 bridgehead atoms. The lowest BCUT2D eigenvalue weighted by atomic mass is 9.99. The van der Waals surface area contributed by atoms with Crippen LogP contribution >= 0.6 is 0 Å². The zero-order valence-electron chi connectivity index (χ0n) is 10.4. The second-order valence-corrected chi connectivity index (χ2v) is 3.94. The first-order valence-electron chi connectivity index (χ1n) is 5.75. The molecule has 0 fully saturated rings. The van der Waals surface area contributed by atoms with Crippen LogP contribution < -0.4 is 18.1 Å². The highest BCUT2D eigenvalue weighted by atomic mass is 35.5. The van der Waals surface area contributed by atoms with E-state index in [1.165, 1.54) is 0 Å². The van der Waals surface area contributed by atoms with Crippen molar-refractivity contribution >= 4 is 11.9 Å². The molecule has 0 aliphatic carbocycles. The highest BCUT2D eigenvalue weighted by molar-refractivity contribution is 5.74. The Balaban J connectivity index is 0. The van der Waals surface area contributed by atoms with Gasteiger partial charge in [0, 0.05) is 0 Å². The minimum absolute atomic E-state index is 0. The van der Waals surface area contributed by atoms with Crippen LogP contribution in [0.3, 0.4) is 0 Å². The number of ether oxygens (including phenoxy) is 1. The van der Waals surface area contributed by atoms with Gasteiger partial charge in [-0.3, -0.25) is 4.79 Å². The van der Waals surface area contributed by atoms with Crippen molar-refractivity contribution in [1.82, 2.24) is 0 Å². The molecular formula is C11H22ClNO4. The van der Waals surface area contributed by atoms with Gasteiger partial charge in [0.25, 0.3) is 0 Å². The smallest absolute Gasteiger partial charge is 0.366 e. The highest BCUT2D eigenvalue weighted by Gasteiger charge is 2.22. The summed E-state index contributed by atoms with van der Waals surface area (Å²) >= 11 is 0. The van der Waals surface area contributed by atoms with Crippen molar-refractivity contribution in [2.24, 2.45) is 5.92 Å². The number of esters is 1. The van der Waals surface area contributed by atoms with Crippen LogP contribution in [0.2, 0.25) is 0 Å². The summed E-state index contributed by atoms with van der Waals surface area (Å²) in [6.45, 7) is 3.88. The van der Waals surface area contributed by atoms with Gasteiger partial charge < -0.3 is 28.0 Å². The third kappa shape index (κ3) is 7.99. The van der Waals surface area contributed by atoms with Gasteiger partial charge in [0.15, 0.2) is 6.61 Å². The topological polar surface area (TPSA) is 91.2 Å². The normalized spacial score (nSPS) is 11.8. The number of carboxylic acids is 1. The average molecular weight is 268 g/mol. The summed E-state index contributed by atoms with van der Waals surface area (Å²) in [5, 5.41) is 8.59. The first-order valence-corrected chi connectivity index (χ1v) is 5.75. The van der Waals surface area contributed by atoms with Gasteiger partial charge in [0.1, 0.15) is 0 Å². The molecule has 6 heteroatoms. The quantitative estimate of drug-likeness (QED) is 0.474. The molecule has 0 rings (SSSR count). The van der Waals surface area contributed by atoms with Gasteiger partial charge >= 0.3 is 11.9 Å². The Morgan fingerprint density at radius 2 is 1.71 bits per heavy atom. The molecule has 0 saturated heterocycles. The lowest BCUT2D eigenvalue weighted by Crippen LogP contribution is -3.00. The molecule has 0 spiro atoms. The minimum atomic E-state index is -1.05. The molecule has 0 unspecified atom stereocenters. The number of carbonyl (C=O) groups excluding carboxylic acids is 1. The first-order chi connectivity index (χ1) is 7.52. The van der Waals surface area contributed by atoms with Crippen molar-refractivity contribution in [3.8, 4) is 0 Å². The van der Waals surface area contributed by atoms with E-state index in [9.17, 15) is 9.59 Å². The molecule has 0 aliphatic heterocycles. The Labute approximate surface area is 108 Å². The molecule has 17 heavy (non-hydrogen) atoms. The lowest BCUT2D eigenvalue weighted by Gasteiger charge is -2.14. The SMILES string of the molecule is CCCC(CCC)C(=O)OC[C@H]([NH3+])C(=O)O.[Cl-]. The number of quaternary nitrogens is 1. The predicted molar refractivity (Wildman–Crippen MR) is 58.6 cm³/mol. The van der Waals surface area contributed by atoms with Crippen molar-refractivity contribution < 1.29 is 37.6 Å². The van der Waals surface area contributed by atoms with Crippen LogP contribution in [0.4, 0.5) is 0 Å². The summed E-state index contributed by atoms with van der Waals surface area (Å²) in [5.74, 6) is -1.44. The van der Waals surface area contributed by atoms with Crippen LogP contribution in [-0.4, -0.2) is 29.7 Å². The summed E-state index contributed by atoms with van der Waals surface area (Å²) in [4.78, 5) is 22.1. The Morgan fingerprint density at radius 3 is 2.06 bits per heavy atom. The standard InChI is InChI=1S/C11H21NO4.ClH/c1-3-5-8(6-4-2)11(15)16-7-9(12)10(13)14;/h8-9H,3-7,12H2,1-2H3,(H,13,14);1H/t9-;/m0./s1. The fraction of sp³-hybridized carbons (Fsp3) is 0.818. The van der Waals surface area contributed by atoms with Crippen molar-refractivity contribution in [3.05, 3.63) is 0 Å². The molecule has 0 aliphatic rings. The molecular weight excluding hydrogens is 246 g/mol. The number of aliphatic carboxylic acids is 1. The van der Waals surface area contributed by atoms with Gasteiger partial charge in [-0.25, -0.2) is 4.79 Å². The van der Waals surface area contributed by atoms with Crippen LogP contribution in [0.1, 0.15) is 39.5 Å². The molecule has 1 atom stereocenters. The average Bonchev–Trinajstić information content (AvgIpc) is 2.24. The van der Waals surface area contributed by atoms with E-state index in [2.05, 4.69) is 5.73 Å². The summed E-state index contributed by atoms with van der Waals surface area (Å²) in [6.07, 6.45) is 3.43. The Bertz CT molecular complexity index is 230. The third-order valence-corrected chi connectivity index (χ3v) is 2.38. The maximum Gasteiger partial charge on any atom is 0.366 e. The van der Waals surface area contributed by atoms with E-state index in [1.807, 2.05) is 13.8 Å². The van der Waals surface area contributed by atoms with E-state index in [4.69, 9.17) is 9.84 Å². The zero-order chi connectivity index (χ0) is 12.6. The van der Waals surface area contributed by atoms with Crippen LogP contribution in [0.25, 0.3) is 0 Å². The van der Waals surface area contributed by atoms with E-state index in [0.29, 0.717) is 0 Å². The summed E-state index contributed by atoms with van der Waals surface area (Å²) in [7, 11) is 0. The van der Waals surface area contributed by atoms with Crippen LogP contribution in [0.5, 0.6) is 0 Å². The predicted octanol–water partition coefficient (Wildman–Crippen LogP) is -2.55. The van der Waals surface area contributed by atoms with E-state index < -0.39 is 12.0 Å². The van der Waals surface area contributed by atoms with Crippen LogP contribution in [0, 0.1) is 5.92 Å². The van der Waals surface area contributed by atoms with Crippen molar-refractivity contribution in [1.29, 1.82) is 0 Å². The molecule has 4 N–H and O–H groups in total. The van der Waals surface area contributed by atoms with Crippen molar-refractivity contribution in [3.63, 3.8) is 0 Å². The Morgan fingerprint density at radius 1 is 1.24 bits per heavy atom.